The summed E-state index contributed by atoms with van der Waals surface area (Å²) in [6, 6.07) is 1.85. The smallest absolute Gasteiger partial charge is 0.229 e. The number of aromatic nitrogens is 4. The van der Waals surface area contributed by atoms with Crippen LogP contribution in [0, 0.1) is 0 Å². The predicted molar refractivity (Wildman–Crippen MR) is 102 cm³/mol. The Hall–Kier alpha value is -3.10. The van der Waals surface area contributed by atoms with Gasteiger partial charge in [-0.3, -0.25) is 0 Å². The molecule has 28 heavy (non-hydrogen) atoms. The zero-order chi connectivity index (χ0) is 19.7. The van der Waals surface area contributed by atoms with Gasteiger partial charge in [0.2, 0.25) is 11.6 Å². The molecule has 1 aliphatic carbocycles. The van der Waals surface area contributed by atoms with Crippen LogP contribution in [0.2, 0.25) is 0 Å². The van der Waals surface area contributed by atoms with Crippen LogP contribution in [-0.4, -0.2) is 48.5 Å². The Labute approximate surface area is 162 Å². The van der Waals surface area contributed by atoms with E-state index < -0.39 is 0 Å². The van der Waals surface area contributed by atoms with Gasteiger partial charge in [0.1, 0.15) is 17.7 Å². The number of ether oxygens (including phenoxy) is 3. The van der Waals surface area contributed by atoms with Gasteiger partial charge < -0.3 is 23.6 Å². The second-order valence-corrected chi connectivity index (χ2v) is 6.77. The van der Waals surface area contributed by atoms with Crippen molar-refractivity contribution in [3.8, 4) is 17.2 Å². The van der Waals surface area contributed by atoms with Gasteiger partial charge in [-0.15, -0.1) is 0 Å². The molecule has 4 rings (SSSR count). The van der Waals surface area contributed by atoms with Crippen LogP contribution in [-0.2, 0) is 6.54 Å². The molecule has 148 valence electrons. The third kappa shape index (κ3) is 3.06. The van der Waals surface area contributed by atoms with Crippen molar-refractivity contribution in [3.05, 3.63) is 24.1 Å². The molecule has 1 aliphatic rings. The highest BCUT2D eigenvalue weighted by Gasteiger charge is 2.26. The lowest BCUT2D eigenvalue weighted by Gasteiger charge is -2.21. The van der Waals surface area contributed by atoms with Crippen LogP contribution in [0.3, 0.4) is 0 Å². The minimum absolute atomic E-state index is 0.410. The summed E-state index contributed by atoms with van der Waals surface area (Å²) in [5.41, 5.74) is 0.639. The number of methoxy groups -OCH3 is 3. The van der Waals surface area contributed by atoms with Crippen molar-refractivity contribution < 1.29 is 18.7 Å². The van der Waals surface area contributed by atoms with Crippen molar-refractivity contribution in [2.45, 2.75) is 31.7 Å². The van der Waals surface area contributed by atoms with Crippen molar-refractivity contribution in [2.75, 3.05) is 33.3 Å². The zero-order valence-corrected chi connectivity index (χ0v) is 16.4. The maximum atomic E-state index is 5.54. The Morgan fingerprint density at radius 1 is 1.11 bits per heavy atom. The molecule has 1 aromatic carbocycles. The summed E-state index contributed by atoms with van der Waals surface area (Å²) >= 11 is 0. The Kier molecular flexibility index (Phi) is 4.89. The van der Waals surface area contributed by atoms with Gasteiger partial charge in [0.25, 0.3) is 0 Å². The monoisotopic (exact) mass is 385 g/mol. The first kappa shape index (κ1) is 18.3. The third-order valence-electron chi connectivity index (χ3n) is 5.09. The van der Waals surface area contributed by atoms with Gasteiger partial charge in [0, 0.05) is 13.0 Å². The minimum atomic E-state index is 0.410. The molecule has 0 bridgehead atoms. The predicted octanol–water partition coefficient (Wildman–Crippen LogP) is 2.94. The number of fused-ring (bicyclic) bond motifs is 1. The maximum Gasteiger partial charge on any atom is 0.229 e. The van der Waals surface area contributed by atoms with Gasteiger partial charge in [0.15, 0.2) is 17.3 Å². The summed E-state index contributed by atoms with van der Waals surface area (Å²) in [5.74, 6) is 4.02. The lowest BCUT2D eigenvalue weighted by atomic mass is 9.85. The van der Waals surface area contributed by atoms with Gasteiger partial charge in [-0.2, -0.15) is 4.98 Å². The molecule has 1 fully saturated rings. The van der Waals surface area contributed by atoms with E-state index in [1.54, 1.807) is 21.3 Å². The van der Waals surface area contributed by atoms with Gasteiger partial charge in [0.05, 0.1) is 33.3 Å². The van der Waals surface area contributed by atoms with Crippen LogP contribution in [0.25, 0.3) is 10.9 Å². The molecular formula is C19H23N5O4. The standard InChI is InChI=1S/C19H23N5O4/c1-24(9-14-22-19(28-23-14)11-6-5-7-11)18-12-8-13(25-2)16(26-3)17(27-4)15(12)20-10-21-18/h8,10-11H,5-7,9H2,1-4H3. The van der Waals surface area contributed by atoms with Crippen molar-refractivity contribution in [3.63, 3.8) is 0 Å². The lowest BCUT2D eigenvalue weighted by molar-refractivity contribution is 0.291. The molecule has 9 nitrogen and oxygen atoms in total. The van der Waals surface area contributed by atoms with Crippen LogP contribution in [0.1, 0.15) is 36.9 Å². The Morgan fingerprint density at radius 2 is 1.89 bits per heavy atom. The van der Waals surface area contributed by atoms with Gasteiger partial charge >= 0.3 is 0 Å². The van der Waals surface area contributed by atoms with Crippen LogP contribution in [0.15, 0.2) is 16.9 Å². The minimum Gasteiger partial charge on any atom is -0.493 e. The van der Waals surface area contributed by atoms with E-state index in [0.29, 0.717) is 46.9 Å². The van der Waals surface area contributed by atoms with Crippen LogP contribution in [0.4, 0.5) is 5.82 Å². The SMILES string of the molecule is COc1cc2c(N(C)Cc3noc(C4CCC4)n3)ncnc2c(OC)c1OC. The fourth-order valence-corrected chi connectivity index (χ4v) is 3.39. The molecule has 0 spiro atoms. The first-order chi connectivity index (χ1) is 13.7. The molecule has 0 atom stereocenters. The van der Waals surface area contributed by atoms with Crippen LogP contribution < -0.4 is 19.1 Å². The van der Waals surface area contributed by atoms with E-state index in [1.165, 1.54) is 12.7 Å². The Balaban J connectivity index is 1.70. The molecule has 0 radical (unpaired) electrons. The molecular weight excluding hydrogens is 362 g/mol. The number of rotatable bonds is 7. The summed E-state index contributed by atoms with van der Waals surface area (Å²) in [7, 11) is 6.64. The van der Waals surface area contributed by atoms with E-state index in [0.717, 1.165) is 24.1 Å². The van der Waals surface area contributed by atoms with E-state index in [1.807, 2.05) is 18.0 Å². The van der Waals surface area contributed by atoms with E-state index in [2.05, 4.69) is 20.1 Å². The Morgan fingerprint density at radius 3 is 2.54 bits per heavy atom. The fourth-order valence-electron chi connectivity index (χ4n) is 3.39. The molecule has 0 unspecified atom stereocenters. The lowest BCUT2D eigenvalue weighted by Crippen LogP contribution is -2.19. The number of nitrogens with zero attached hydrogens (tertiary/aromatic N) is 5. The van der Waals surface area contributed by atoms with Gasteiger partial charge in [-0.1, -0.05) is 11.6 Å². The van der Waals surface area contributed by atoms with E-state index in [9.17, 15) is 0 Å². The van der Waals surface area contributed by atoms with Crippen molar-refractivity contribution in [1.82, 2.24) is 20.1 Å². The summed E-state index contributed by atoms with van der Waals surface area (Å²) in [4.78, 5) is 15.3. The second kappa shape index (κ2) is 7.49. The molecule has 0 saturated heterocycles. The molecule has 0 amide bonds. The van der Waals surface area contributed by atoms with E-state index in [-0.39, 0.29) is 0 Å². The topological polar surface area (TPSA) is 95.6 Å². The first-order valence-electron chi connectivity index (χ1n) is 9.13. The maximum absolute atomic E-state index is 5.54. The molecule has 0 N–H and O–H groups in total. The summed E-state index contributed by atoms with van der Waals surface area (Å²) in [6.45, 7) is 0.457. The highest BCUT2D eigenvalue weighted by atomic mass is 16.5. The summed E-state index contributed by atoms with van der Waals surface area (Å²) in [6.07, 6.45) is 4.96. The highest BCUT2D eigenvalue weighted by molar-refractivity contribution is 5.96. The van der Waals surface area contributed by atoms with E-state index >= 15 is 0 Å². The fraction of sp³-hybridized carbons (Fsp3) is 0.474. The average Bonchev–Trinajstić information content (AvgIpc) is 3.11. The highest BCUT2D eigenvalue weighted by Crippen LogP contribution is 2.44. The van der Waals surface area contributed by atoms with E-state index in [4.69, 9.17) is 18.7 Å². The number of benzene rings is 1. The van der Waals surface area contributed by atoms with Crippen LogP contribution >= 0.6 is 0 Å². The van der Waals surface area contributed by atoms with Gasteiger partial charge in [-0.25, -0.2) is 9.97 Å². The van der Waals surface area contributed by atoms with Crippen molar-refractivity contribution in [2.24, 2.45) is 0 Å². The second-order valence-electron chi connectivity index (χ2n) is 6.77. The van der Waals surface area contributed by atoms with Gasteiger partial charge in [-0.05, 0) is 18.9 Å². The molecule has 3 aromatic rings. The summed E-state index contributed by atoms with van der Waals surface area (Å²) in [5, 5.41) is 4.90. The molecule has 9 heteroatoms. The number of anilines is 1. The summed E-state index contributed by atoms with van der Waals surface area (Å²) < 4.78 is 21.9. The average molecular weight is 385 g/mol. The normalized spacial score (nSPS) is 14.0. The molecule has 2 aromatic heterocycles. The molecule has 0 aliphatic heterocycles. The number of hydrogen-bond acceptors (Lipinski definition) is 9. The van der Waals surface area contributed by atoms with Crippen molar-refractivity contribution in [1.29, 1.82) is 0 Å². The Bertz CT molecular complexity index is 986. The van der Waals surface area contributed by atoms with Crippen molar-refractivity contribution >= 4 is 16.7 Å². The number of hydrogen-bond donors (Lipinski definition) is 0. The zero-order valence-electron chi connectivity index (χ0n) is 16.4. The molecule has 2 heterocycles. The first-order valence-corrected chi connectivity index (χ1v) is 9.13. The molecule has 1 saturated carbocycles. The largest absolute Gasteiger partial charge is 0.493 e. The quantitative estimate of drug-likeness (QED) is 0.608. The third-order valence-corrected chi connectivity index (χ3v) is 5.09. The van der Waals surface area contributed by atoms with Crippen LogP contribution in [0.5, 0.6) is 17.2 Å².